The van der Waals surface area contributed by atoms with Crippen LogP contribution in [0.5, 0.6) is 0 Å². The van der Waals surface area contributed by atoms with E-state index in [0.29, 0.717) is 12.0 Å². The zero-order chi connectivity index (χ0) is 17.5. The normalized spacial score (nSPS) is 17.3. The van der Waals surface area contributed by atoms with Gasteiger partial charge >= 0.3 is 0 Å². The van der Waals surface area contributed by atoms with E-state index in [0.717, 1.165) is 42.8 Å². The molecule has 1 saturated carbocycles. The van der Waals surface area contributed by atoms with Gasteiger partial charge < -0.3 is 15.4 Å². The van der Waals surface area contributed by atoms with Crippen LogP contribution >= 0.6 is 11.3 Å². The first kappa shape index (κ1) is 18.2. The first-order valence-corrected chi connectivity index (χ1v) is 10.1. The van der Waals surface area contributed by atoms with E-state index < -0.39 is 0 Å². The predicted octanol–water partition coefficient (Wildman–Crippen LogP) is 3.05. The average molecular weight is 364 g/mol. The highest BCUT2D eigenvalue weighted by Crippen LogP contribution is 2.40. The first-order valence-electron chi connectivity index (χ1n) is 9.18. The molecule has 7 heteroatoms. The number of imidazole rings is 1. The van der Waals surface area contributed by atoms with Gasteiger partial charge in [0.15, 0.2) is 10.9 Å². The predicted molar refractivity (Wildman–Crippen MR) is 103 cm³/mol. The summed E-state index contributed by atoms with van der Waals surface area (Å²) >= 11 is 1.65. The van der Waals surface area contributed by atoms with E-state index >= 15 is 0 Å². The number of nitrogens with zero attached hydrogens (tertiary/aromatic N) is 3. The van der Waals surface area contributed by atoms with Crippen molar-refractivity contribution in [2.24, 2.45) is 10.4 Å². The van der Waals surface area contributed by atoms with Gasteiger partial charge in [-0.15, -0.1) is 11.3 Å². The molecule has 0 atom stereocenters. The van der Waals surface area contributed by atoms with Gasteiger partial charge in [0, 0.05) is 44.6 Å². The lowest BCUT2D eigenvalue weighted by Gasteiger charge is -2.30. The van der Waals surface area contributed by atoms with Crippen molar-refractivity contribution in [2.45, 2.75) is 45.6 Å². The Morgan fingerprint density at radius 2 is 2.24 bits per heavy atom. The molecule has 0 spiro atoms. The number of nitrogens with one attached hydrogen (secondary N) is 2. The molecule has 0 aliphatic heterocycles. The standard InChI is InChI=1S/C18H29N5OS/c1-3-24-10-8-18(6-4-5-7-18)14-21-16(19-2)20-12-15-13-23-9-11-25-17(23)22-15/h9,11,13H,3-8,10,12,14H2,1-2H3,(H2,19,20,21). The Labute approximate surface area is 153 Å². The molecule has 0 saturated heterocycles. The van der Waals surface area contributed by atoms with Crippen molar-refractivity contribution < 1.29 is 4.74 Å². The third-order valence-electron chi connectivity index (χ3n) is 5.08. The summed E-state index contributed by atoms with van der Waals surface area (Å²) in [6.45, 7) is 5.36. The van der Waals surface area contributed by atoms with Gasteiger partial charge in [0.05, 0.1) is 12.2 Å². The number of aliphatic imine (C=N–C) groups is 1. The molecule has 25 heavy (non-hydrogen) atoms. The SMILES string of the molecule is CCOCCC1(CNC(=NC)NCc2cn3ccsc3n2)CCCC1. The fourth-order valence-corrected chi connectivity index (χ4v) is 4.32. The van der Waals surface area contributed by atoms with Crippen LogP contribution in [0.2, 0.25) is 0 Å². The second-order valence-electron chi connectivity index (χ2n) is 6.76. The number of ether oxygens (including phenoxy) is 1. The maximum absolute atomic E-state index is 5.60. The van der Waals surface area contributed by atoms with E-state index in [1.807, 2.05) is 18.6 Å². The van der Waals surface area contributed by atoms with Crippen LogP contribution in [0.25, 0.3) is 4.96 Å². The summed E-state index contributed by atoms with van der Waals surface area (Å²) < 4.78 is 7.65. The number of rotatable bonds is 8. The minimum absolute atomic E-state index is 0.351. The van der Waals surface area contributed by atoms with E-state index in [1.165, 1.54) is 25.7 Å². The van der Waals surface area contributed by atoms with Crippen LogP contribution in [-0.2, 0) is 11.3 Å². The number of hydrogen-bond acceptors (Lipinski definition) is 4. The van der Waals surface area contributed by atoms with E-state index in [2.05, 4.69) is 38.1 Å². The lowest BCUT2D eigenvalue weighted by molar-refractivity contribution is 0.105. The van der Waals surface area contributed by atoms with Gasteiger partial charge in [-0.25, -0.2) is 4.98 Å². The molecule has 2 heterocycles. The molecule has 1 aliphatic carbocycles. The second kappa shape index (κ2) is 8.67. The van der Waals surface area contributed by atoms with E-state index in [9.17, 15) is 0 Å². The van der Waals surface area contributed by atoms with Crippen molar-refractivity contribution in [3.05, 3.63) is 23.5 Å². The van der Waals surface area contributed by atoms with Crippen LogP contribution in [0.3, 0.4) is 0 Å². The van der Waals surface area contributed by atoms with Gasteiger partial charge in [-0.05, 0) is 31.6 Å². The highest BCUT2D eigenvalue weighted by molar-refractivity contribution is 7.15. The molecule has 0 bridgehead atoms. The highest BCUT2D eigenvalue weighted by Gasteiger charge is 2.33. The van der Waals surface area contributed by atoms with Crippen LogP contribution in [0, 0.1) is 5.41 Å². The van der Waals surface area contributed by atoms with E-state index in [-0.39, 0.29) is 0 Å². The van der Waals surface area contributed by atoms with Crippen molar-refractivity contribution in [1.82, 2.24) is 20.0 Å². The second-order valence-corrected chi connectivity index (χ2v) is 7.63. The Bertz CT molecular complexity index is 658. The van der Waals surface area contributed by atoms with Crippen LogP contribution in [0.4, 0.5) is 0 Å². The van der Waals surface area contributed by atoms with Gasteiger partial charge in [0.1, 0.15) is 0 Å². The highest BCUT2D eigenvalue weighted by atomic mass is 32.1. The van der Waals surface area contributed by atoms with Gasteiger partial charge in [0.25, 0.3) is 0 Å². The van der Waals surface area contributed by atoms with Crippen LogP contribution in [0.1, 0.15) is 44.7 Å². The Morgan fingerprint density at radius 1 is 1.40 bits per heavy atom. The molecule has 0 amide bonds. The summed E-state index contributed by atoms with van der Waals surface area (Å²) in [5.74, 6) is 0.846. The Morgan fingerprint density at radius 3 is 2.96 bits per heavy atom. The summed E-state index contributed by atoms with van der Waals surface area (Å²) in [5, 5.41) is 8.95. The van der Waals surface area contributed by atoms with Gasteiger partial charge in [-0.2, -0.15) is 0 Å². The van der Waals surface area contributed by atoms with E-state index in [4.69, 9.17) is 4.74 Å². The number of fused-ring (bicyclic) bond motifs is 1. The summed E-state index contributed by atoms with van der Waals surface area (Å²) in [6.07, 6.45) is 10.4. The van der Waals surface area contributed by atoms with Crippen molar-refractivity contribution in [3.63, 3.8) is 0 Å². The van der Waals surface area contributed by atoms with Gasteiger partial charge in [-0.3, -0.25) is 9.39 Å². The molecular formula is C18H29N5OS. The number of aromatic nitrogens is 2. The van der Waals surface area contributed by atoms with Gasteiger partial charge in [0.2, 0.25) is 0 Å². The monoisotopic (exact) mass is 363 g/mol. The van der Waals surface area contributed by atoms with Crippen molar-refractivity contribution in [2.75, 3.05) is 26.8 Å². The van der Waals surface area contributed by atoms with Crippen molar-refractivity contribution in [3.8, 4) is 0 Å². The smallest absolute Gasteiger partial charge is 0.193 e. The topological polar surface area (TPSA) is 63.0 Å². The molecule has 6 nitrogen and oxygen atoms in total. The van der Waals surface area contributed by atoms with Gasteiger partial charge in [-0.1, -0.05) is 12.8 Å². The molecule has 0 radical (unpaired) electrons. The zero-order valence-corrected chi connectivity index (χ0v) is 16.1. The molecule has 1 aliphatic rings. The largest absolute Gasteiger partial charge is 0.382 e. The number of guanidine groups is 1. The molecule has 2 N–H and O–H groups in total. The first-order chi connectivity index (χ1) is 12.2. The molecular weight excluding hydrogens is 334 g/mol. The number of thiazole rings is 1. The summed E-state index contributed by atoms with van der Waals surface area (Å²) in [6, 6.07) is 0. The summed E-state index contributed by atoms with van der Waals surface area (Å²) in [7, 11) is 1.82. The summed E-state index contributed by atoms with van der Waals surface area (Å²) in [4.78, 5) is 9.99. The van der Waals surface area contributed by atoms with Crippen LogP contribution in [-0.4, -0.2) is 42.2 Å². The molecule has 1 fully saturated rings. The van der Waals surface area contributed by atoms with Crippen molar-refractivity contribution in [1.29, 1.82) is 0 Å². The maximum atomic E-state index is 5.60. The Kier molecular flexibility index (Phi) is 6.31. The fourth-order valence-electron chi connectivity index (χ4n) is 3.60. The fraction of sp³-hybridized carbons (Fsp3) is 0.667. The van der Waals surface area contributed by atoms with Crippen molar-refractivity contribution >= 4 is 22.3 Å². The third kappa shape index (κ3) is 4.73. The Hall–Kier alpha value is -1.60. The minimum Gasteiger partial charge on any atom is -0.382 e. The Balaban J connectivity index is 1.49. The molecule has 2 aromatic heterocycles. The minimum atomic E-state index is 0.351. The van der Waals surface area contributed by atoms with Crippen LogP contribution < -0.4 is 10.6 Å². The quantitative estimate of drug-likeness (QED) is 0.430. The lowest BCUT2D eigenvalue weighted by atomic mass is 9.83. The molecule has 138 valence electrons. The molecule has 0 unspecified atom stereocenters. The third-order valence-corrected chi connectivity index (χ3v) is 5.85. The zero-order valence-electron chi connectivity index (χ0n) is 15.3. The maximum Gasteiger partial charge on any atom is 0.193 e. The van der Waals surface area contributed by atoms with E-state index in [1.54, 1.807) is 11.3 Å². The number of hydrogen-bond donors (Lipinski definition) is 2. The lowest BCUT2D eigenvalue weighted by Crippen LogP contribution is -2.43. The van der Waals surface area contributed by atoms with Crippen LogP contribution in [0.15, 0.2) is 22.8 Å². The molecule has 3 rings (SSSR count). The molecule has 2 aromatic rings. The molecule has 0 aromatic carbocycles. The average Bonchev–Trinajstić information content (AvgIpc) is 3.32. The summed E-state index contributed by atoms with van der Waals surface area (Å²) in [5.41, 5.74) is 1.38.